The van der Waals surface area contributed by atoms with Gasteiger partial charge in [-0.05, 0) is 68.6 Å². The number of aliphatic hydroxyl groups excluding tert-OH is 4. The molecule has 2 rings (SSSR count). The van der Waals surface area contributed by atoms with Crippen molar-refractivity contribution in [3.8, 4) is 0 Å². The van der Waals surface area contributed by atoms with E-state index in [4.69, 9.17) is 42.4 Å². The van der Waals surface area contributed by atoms with Crippen molar-refractivity contribution in [2.24, 2.45) is 41.4 Å². The molecule has 25 nitrogen and oxygen atoms in total. The van der Waals surface area contributed by atoms with Crippen molar-refractivity contribution in [3.05, 3.63) is 13.2 Å². The van der Waals surface area contributed by atoms with E-state index in [1.165, 1.54) is 44.9 Å². The van der Waals surface area contributed by atoms with Gasteiger partial charge in [0.25, 0.3) is 0 Å². The van der Waals surface area contributed by atoms with E-state index < -0.39 is 191 Å². The van der Waals surface area contributed by atoms with Crippen LogP contribution in [0.3, 0.4) is 0 Å². The molecule has 21 unspecified atom stereocenters. The molecule has 8 N–H and O–H groups in total. The van der Waals surface area contributed by atoms with E-state index in [0.717, 1.165) is 302 Å². The standard InChI is InChI=1S/C110H205N2O23P/c1-15-22-29-36-43-44-45-46-53-60-67-73-88(13)108(121)130-91(84(9)69-62-55-48-38-31-24-17-3)76-98(116)111-102-94(79-113)128-97(104(120)106(102)133-100(118)75-90(115)83(8)68-61-54-47-37-30-23-16-2)82-127-81-96-103(112-99(117)77-92(85(10)70-63-56-49-39-32-25-18-4)131-109(122)87(12)72-65-58-51-41-34-27-20-6)107(105(95(80-114)129-96)135-136(124,125)126)134-101(119)78-93(86(11)71-64-57-50-40-33-26-19-5)132-110(123)89(14)74-66-59-52-42-35-28-21-7/h79,81,83-97,102-107,113-115,120H,15-78,80,82H2,1-14H3,(H,111,116)(H,112,117)(H2,124,125,126). The summed E-state index contributed by atoms with van der Waals surface area (Å²) in [7, 11) is -5.64. The maximum Gasteiger partial charge on any atom is 0.374 e. The summed E-state index contributed by atoms with van der Waals surface area (Å²) < 4.78 is 56.6. The highest BCUT2D eigenvalue weighted by Gasteiger charge is 2.55. The van der Waals surface area contributed by atoms with Gasteiger partial charge in [0.1, 0.15) is 62.0 Å². The van der Waals surface area contributed by atoms with Crippen molar-refractivity contribution >= 4 is 49.8 Å². The van der Waals surface area contributed by atoms with Crippen LogP contribution in [0.4, 0.5) is 0 Å². The van der Waals surface area contributed by atoms with Crippen molar-refractivity contribution in [3.63, 3.8) is 0 Å². The number of carbonyl (C=O) groups excluding carboxylic acids is 7. The molecular weight excluding hydrogens is 1750 g/mol. The van der Waals surface area contributed by atoms with Crippen molar-refractivity contribution in [1.82, 2.24) is 10.6 Å². The molecular formula is C110H205N2O23P. The Morgan fingerprint density at radius 2 is 0.632 bits per heavy atom. The van der Waals surface area contributed by atoms with Crippen LogP contribution < -0.4 is 15.5 Å². The van der Waals surface area contributed by atoms with Gasteiger partial charge in [0.2, 0.25) is 11.8 Å². The van der Waals surface area contributed by atoms with E-state index in [1.54, 1.807) is 0 Å². The molecule has 2 amide bonds. The number of hydrogen-bond acceptors (Lipinski definition) is 23. The minimum atomic E-state index is -5.64. The third-order valence-electron chi connectivity index (χ3n) is 28.6. The fraction of sp³-hybridized carbons (Fsp3) is 0.918. The lowest BCUT2D eigenvalue weighted by atomic mass is 9.90. The molecule has 0 aliphatic carbocycles. The Morgan fingerprint density at radius 1 is 0.360 bits per heavy atom. The van der Waals surface area contributed by atoms with Gasteiger partial charge in [-0.2, -0.15) is 14.3 Å². The van der Waals surface area contributed by atoms with Crippen LogP contribution in [0.1, 0.15) is 508 Å². The Balaban J connectivity index is 2.94. The number of phosphoric acid groups is 1. The molecule has 798 valence electrons. The van der Waals surface area contributed by atoms with Gasteiger partial charge in [0.05, 0.1) is 74.8 Å². The molecule has 0 aromatic rings. The van der Waals surface area contributed by atoms with Gasteiger partial charge in [-0.3, -0.25) is 33.6 Å². The van der Waals surface area contributed by atoms with Crippen molar-refractivity contribution in [2.75, 3.05) is 13.2 Å². The fourth-order valence-corrected chi connectivity index (χ4v) is 19.6. The lowest BCUT2D eigenvalue weighted by Crippen LogP contribution is -2.67. The fourth-order valence-electron chi connectivity index (χ4n) is 19.0. The predicted octanol–water partition coefficient (Wildman–Crippen LogP) is 24.4. The van der Waals surface area contributed by atoms with Crippen LogP contribution in [0, 0.1) is 54.6 Å². The number of ether oxygens (including phenoxy) is 8. The van der Waals surface area contributed by atoms with Crippen molar-refractivity contribution in [2.45, 2.75) is 593 Å². The highest BCUT2D eigenvalue weighted by molar-refractivity contribution is 7.51. The van der Waals surface area contributed by atoms with Crippen LogP contribution in [-0.2, 0) is 76.0 Å². The number of carbonyl (C=O) groups is 7. The number of hydrogen-bond donors (Lipinski definition) is 8. The summed E-state index contributed by atoms with van der Waals surface area (Å²) in [5.41, 5.74) is 0. The summed E-state index contributed by atoms with van der Waals surface area (Å²) >= 11 is 0. The summed E-state index contributed by atoms with van der Waals surface area (Å²) in [4.78, 5) is 138. The maximum absolute atomic E-state index is 15.5. The van der Waals surface area contributed by atoms with E-state index >= 15 is 9.59 Å². The Labute approximate surface area is 828 Å². The van der Waals surface area contributed by atoms with E-state index in [0.29, 0.717) is 51.6 Å². The van der Waals surface area contributed by atoms with E-state index in [1.807, 2.05) is 48.5 Å². The van der Waals surface area contributed by atoms with Gasteiger partial charge >= 0.3 is 38.0 Å². The Bertz CT molecular complexity index is 2950. The normalized spacial score (nSPS) is 21.1. The van der Waals surface area contributed by atoms with Gasteiger partial charge < -0.3 is 73.8 Å². The smallest absolute Gasteiger partial charge is 0.374 e. The van der Waals surface area contributed by atoms with Crippen molar-refractivity contribution < 1.29 is 111 Å². The van der Waals surface area contributed by atoms with Crippen LogP contribution in [0.2, 0.25) is 0 Å². The van der Waals surface area contributed by atoms with E-state index in [9.17, 15) is 59.1 Å². The third kappa shape index (κ3) is 60.1. The Kier molecular flexibility index (Phi) is 77.0. The molecule has 2 fully saturated rings. The highest BCUT2D eigenvalue weighted by Crippen LogP contribution is 2.46. The second-order valence-electron chi connectivity index (χ2n) is 41.4. The summed E-state index contributed by atoms with van der Waals surface area (Å²) in [5, 5.41) is 53.0. The third-order valence-corrected chi connectivity index (χ3v) is 29.1. The number of rotatable bonds is 90. The quantitative estimate of drug-likeness (QED) is 0.0121. The van der Waals surface area contributed by atoms with Gasteiger partial charge in [-0.25, -0.2) is 0 Å². The maximum atomic E-state index is 15.5. The van der Waals surface area contributed by atoms with Crippen LogP contribution in [-0.4, -0.2) is 170 Å². The average Bonchev–Trinajstić information content (AvgIpc) is 0.779. The molecule has 2 aliphatic heterocycles. The SMILES string of the molecule is CCCCCCCCCCCCCC(C)C(=O)OC(CC(=O)NC1C([CH]O)OC(CO[CH]C2OC(CO)C(O[P+]([O-])(O)O)C(OC(=O)CC(OC(=O)C(C)CCCCCCCCC)C(C)CCCCCCCCC)C2NC(=O)CC(OC(=O)C(C)CCCCCCCCC)C(C)CCCCCCCCC)C(O)C1OC(=O)CC(O)C(C)CCCCCCCCC)C(C)CCCCCCCCC. The molecule has 2 aliphatic rings. The van der Waals surface area contributed by atoms with Gasteiger partial charge in [-0.15, -0.1) is 0 Å². The Morgan fingerprint density at radius 3 is 0.941 bits per heavy atom. The monoisotopic (exact) mass is 1950 g/mol. The molecule has 2 saturated heterocycles. The number of phosphoric ester groups is 1. The summed E-state index contributed by atoms with van der Waals surface area (Å²) in [6.45, 7) is 28.4. The van der Waals surface area contributed by atoms with Crippen molar-refractivity contribution in [1.29, 1.82) is 0 Å². The molecule has 0 bridgehead atoms. The number of aliphatic hydroxyl groups is 4. The molecule has 21 atom stereocenters. The minimum absolute atomic E-state index is 0.280. The van der Waals surface area contributed by atoms with Gasteiger partial charge in [0.15, 0.2) is 18.3 Å². The predicted molar refractivity (Wildman–Crippen MR) is 542 cm³/mol. The van der Waals surface area contributed by atoms with Crippen LogP contribution in [0.5, 0.6) is 0 Å². The Hall–Kier alpha value is -3.72. The average molecular weight is 1950 g/mol. The van der Waals surface area contributed by atoms with Gasteiger partial charge in [-0.1, -0.05) is 437 Å². The number of nitrogens with one attached hydrogen (secondary N) is 2. The summed E-state index contributed by atoms with van der Waals surface area (Å²) in [6.07, 6.45) is 40.4. The molecule has 0 aromatic heterocycles. The minimum Gasteiger partial charge on any atom is -0.606 e. The second kappa shape index (κ2) is 81.6. The summed E-state index contributed by atoms with van der Waals surface area (Å²) in [6, 6.07) is -3.25. The molecule has 2 heterocycles. The lowest BCUT2D eigenvalue weighted by molar-refractivity contribution is -0.265. The summed E-state index contributed by atoms with van der Waals surface area (Å²) in [5.74, 6) is -7.68. The van der Waals surface area contributed by atoms with E-state index in [-0.39, 0.29) is 24.2 Å². The second-order valence-corrected chi connectivity index (χ2v) is 42.6. The molecule has 26 heteroatoms. The van der Waals surface area contributed by atoms with Crippen LogP contribution >= 0.6 is 8.17 Å². The first-order chi connectivity index (χ1) is 65.5. The number of esters is 5. The van der Waals surface area contributed by atoms with Crippen LogP contribution in [0.25, 0.3) is 0 Å². The highest BCUT2D eigenvalue weighted by atomic mass is 31.2. The largest absolute Gasteiger partial charge is 0.606 e. The first-order valence-corrected chi connectivity index (χ1v) is 57.5. The molecule has 2 radical (unpaired) electrons. The molecule has 0 spiro atoms. The molecule has 0 aromatic carbocycles. The van der Waals surface area contributed by atoms with Crippen LogP contribution in [0.15, 0.2) is 0 Å². The number of amides is 2. The molecule has 0 saturated carbocycles. The zero-order chi connectivity index (χ0) is 101. The van der Waals surface area contributed by atoms with E-state index in [2.05, 4.69) is 59.1 Å². The first-order valence-electron chi connectivity index (χ1n) is 56.0. The lowest BCUT2D eigenvalue weighted by Gasteiger charge is -2.46. The topological polar surface area (TPSA) is 371 Å². The van der Waals surface area contributed by atoms with Gasteiger partial charge in [0, 0.05) is 0 Å². The zero-order valence-electron chi connectivity index (χ0n) is 88.5. The first kappa shape index (κ1) is 128. The number of unbranched alkanes of at least 4 members (excludes halogenated alkanes) is 46. The zero-order valence-corrected chi connectivity index (χ0v) is 89.4. The molecule has 136 heavy (non-hydrogen) atoms.